The number of anilines is 1. The highest BCUT2D eigenvalue weighted by Crippen LogP contribution is 2.32. The molecule has 2 N–H and O–H groups in total. The smallest absolute Gasteiger partial charge is 0.276 e. The van der Waals surface area contributed by atoms with Gasteiger partial charge < -0.3 is 15.2 Å². The van der Waals surface area contributed by atoms with Crippen molar-refractivity contribution >= 4 is 21.0 Å². The summed E-state index contributed by atoms with van der Waals surface area (Å²) in [4.78, 5) is 16.7. The first-order valence-electron chi connectivity index (χ1n) is 9.18. The zero-order valence-corrected chi connectivity index (χ0v) is 16.7. The molecule has 148 valence electrons. The molecule has 0 saturated carbocycles. The van der Waals surface area contributed by atoms with Gasteiger partial charge in [-0.2, -0.15) is 0 Å². The molecule has 0 amide bonds. The van der Waals surface area contributed by atoms with Gasteiger partial charge in [-0.3, -0.25) is 9.20 Å². The van der Waals surface area contributed by atoms with Crippen molar-refractivity contribution in [3.63, 3.8) is 0 Å². The summed E-state index contributed by atoms with van der Waals surface area (Å²) in [7, 11) is -1.69. The van der Waals surface area contributed by atoms with Gasteiger partial charge in [0, 0.05) is 36.8 Å². The van der Waals surface area contributed by atoms with Crippen LogP contribution in [-0.4, -0.2) is 47.8 Å². The van der Waals surface area contributed by atoms with E-state index in [0.717, 1.165) is 37.2 Å². The Morgan fingerprint density at radius 1 is 1.25 bits per heavy atom. The predicted octanol–water partition coefficient (Wildman–Crippen LogP) is 1.27. The molecule has 1 aliphatic rings. The Labute approximate surface area is 163 Å². The third kappa shape index (κ3) is 3.43. The second-order valence-electron chi connectivity index (χ2n) is 7.23. The number of hydrogen-bond donors (Lipinski definition) is 2. The molecule has 1 saturated heterocycles. The summed E-state index contributed by atoms with van der Waals surface area (Å²) in [5, 5.41) is 6.90. The van der Waals surface area contributed by atoms with Crippen molar-refractivity contribution in [2.24, 2.45) is 7.05 Å². The molecule has 0 bridgehead atoms. The summed E-state index contributed by atoms with van der Waals surface area (Å²) in [6, 6.07) is 5.39. The number of rotatable bonds is 4. The van der Waals surface area contributed by atoms with Crippen molar-refractivity contribution in [2.75, 3.05) is 24.7 Å². The molecule has 28 heavy (non-hydrogen) atoms. The largest absolute Gasteiger partial charge is 0.382 e. The van der Waals surface area contributed by atoms with Crippen LogP contribution in [0.15, 0.2) is 46.6 Å². The fourth-order valence-corrected chi connectivity index (χ4v) is 4.25. The predicted molar refractivity (Wildman–Crippen MR) is 108 cm³/mol. The summed E-state index contributed by atoms with van der Waals surface area (Å²) in [6.07, 6.45) is 7.98. The first-order valence-corrected chi connectivity index (χ1v) is 11.1. The number of benzene rings is 1. The molecule has 1 aromatic carbocycles. The Kier molecular flexibility index (Phi) is 4.72. The highest BCUT2D eigenvalue weighted by Gasteiger charge is 2.19. The lowest BCUT2D eigenvalue weighted by atomic mass is 10.0. The lowest BCUT2D eigenvalue weighted by molar-refractivity contribution is 0.479. The Morgan fingerprint density at radius 2 is 2.00 bits per heavy atom. The van der Waals surface area contributed by atoms with Crippen LogP contribution in [0.1, 0.15) is 12.8 Å². The average Bonchev–Trinajstić information content (AvgIpc) is 3.15. The van der Waals surface area contributed by atoms with Crippen molar-refractivity contribution in [3.8, 4) is 11.3 Å². The van der Waals surface area contributed by atoms with E-state index in [4.69, 9.17) is 0 Å². The van der Waals surface area contributed by atoms with E-state index in [1.165, 1.54) is 17.0 Å². The molecule has 1 aliphatic heterocycles. The minimum Gasteiger partial charge on any atom is -0.382 e. The lowest BCUT2D eigenvalue weighted by Crippen LogP contribution is -2.35. The van der Waals surface area contributed by atoms with E-state index in [1.54, 1.807) is 36.1 Å². The number of sulfone groups is 1. The van der Waals surface area contributed by atoms with Crippen LogP contribution in [0.25, 0.3) is 16.8 Å². The van der Waals surface area contributed by atoms with Crippen molar-refractivity contribution < 1.29 is 8.42 Å². The molecule has 3 heterocycles. The molecule has 0 radical (unpaired) electrons. The molecule has 1 fully saturated rings. The average molecular weight is 401 g/mol. The maximum atomic E-state index is 12.4. The van der Waals surface area contributed by atoms with Crippen LogP contribution >= 0.6 is 0 Å². The number of hydrogen-bond acceptors (Lipinski definition) is 6. The Bertz CT molecular complexity index is 1190. The van der Waals surface area contributed by atoms with E-state index >= 15 is 0 Å². The number of nitrogens with zero attached hydrogens (tertiary/aromatic N) is 3. The van der Waals surface area contributed by atoms with Crippen molar-refractivity contribution in [2.45, 2.75) is 23.8 Å². The van der Waals surface area contributed by atoms with E-state index in [1.807, 2.05) is 6.07 Å². The highest BCUT2D eigenvalue weighted by atomic mass is 32.2. The van der Waals surface area contributed by atoms with Crippen LogP contribution in [0.4, 0.5) is 5.69 Å². The SMILES string of the molecule is Cn1cc(-c2cc(S(C)(=O)=O)ccc2NC2CCNCC2)n2cncc2c1=O. The zero-order valence-electron chi connectivity index (χ0n) is 15.8. The van der Waals surface area contributed by atoms with E-state index in [-0.39, 0.29) is 10.5 Å². The Morgan fingerprint density at radius 3 is 2.71 bits per heavy atom. The lowest BCUT2D eigenvalue weighted by Gasteiger charge is -2.26. The maximum Gasteiger partial charge on any atom is 0.276 e. The number of aryl methyl sites for hydroxylation is 1. The van der Waals surface area contributed by atoms with E-state index in [2.05, 4.69) is 15.6 Å². The van der Waals surface area contributed by atoms with Gasteiger partial charge in [-0.05, 0) is 44.1 Å². The quantitative estimate of drug-likeness (QED) is 0.683. The van der Waals surface area contributed by atoms with Gasteiger partial charge in [-0.1, -0.05) is 0 Å². The third-order valence-electron chi connectivity index (χ3n) is 5.15. The van der Waals surface area contributed by atoms with Gasteiger partial charge in [-0.15, -0.1) is 0 Å². The number of aromatic nitrogens is 3. The molecule has 0 unspecified atom stereocenters. The number of piperidine rings is 1. The van der Waals surface area contributed by atoms with E-state index in [9.17, 15) is 13.2 Å². The maximum absolute atomic E-state index is 12.4. The highest BCUT2D eigenvalue weighted by molar-refractivity contribution is 7.90. The van der Waals surface area contributed by atoms with Gasteiger partial charge >= 0.3 is 0 Å². The second kappa shape index (κ2) is 7.06. The number of nitrogens with one attached hydrogen (secondary N) is 2. The Balaban J connectivity index is 1.92. The van der Waals surface area contributed by atoms with Crippen LogP contribution in [0.3, 0.4) is 0 Å². The summed E-state index contributed by atoms with van der Waals surface area (Å²) in [5.74, 6) is 0. The van der Waals surface area contributed by atoms with Crippen LogP contribution in [0.5, 0.6) is 0 Å². The number of fused-ring (bicyclic) bond motifs is 1. The molecule has 0 aliphatic carbocycles. The van der Waals surface area contributed by atoms with E-state index < -0.39 is 9.84 Å². The normalized spacial score (nSPS) is 15.8. The van der Waals surface area contributed by atoms with Crippen molar-refractivity contribution in [1.29, 1.82) is 0 Å². The fraction of sp³-hybridized carbons (Fsp3) is 0.368. The molecule has 0 atom stereocenters. The van der Waals surface area contributed by atoms with Crippen molar-refractivity contribution in [1.82, 2.24) is 19.3 Å². The van der Waals surface area contributed by atoms with Gasteiger partial charge in [0.05, 0.1) is 23.1 Å². The Hall–Kier alpha value is -2.65. The van der Waals surface area contributed by atoms with Gasteiger partial charge in [0.1, 0.15) is 5.52 Å². The molecule has 3 aromatic rings. The molecule has 8 nitrogen and oxygen atoms in total. The minimum atomic E-state index is -3.37. The molecule has 2 aromatic heterocycles. The summed E-state index contributed by atoms with van der Waals surface area (Å²) < 4.78 is 27.5. The van der Waals surface area contributed by atoms with E-state index in [0.29, 0.717) is 17.3 Å². The van der Waals surface area contributed by atoms with Crippen LogP contribution in [0, 0.1) is 0 Å². The summed E-state index contributed by atoms with van der Waals surface area (Å²) in [5.41, 5.74) is 2.55. The molecule has 4 rings (SSSR count). The topological polar surface area (TPSA) is 97.5 Å². The summed E-state index contributed by atoms with van der Waals surface area (Å²) >= 11 is 0. The first kappa shape index (κ1) is 18.7. The standard InChI is InChI=1S/C19H23N5O3S/c1-23-11-18(24-12-21-10-17(24)19(23)25)15-9-14(28(2,26)27)3-4-16(15)22-13-5-7-20-8-6-13/h3-4,9-13,20,22H,5-8H2,1-2H3. The molecular weight excluding hydrogens is 378 g/mol. The second-order valence-corrected chi connectivity index (χ2v) is 9.24. The fourth-order valence-electron chi connectivity index (χ4n) is 3.61. The van der Waals surface area contributed by atoms with Crippen LogP contribution in [-0.2, 0) is 16.9 Å². The van der Waals surface area contributed by atoms with Gasteiger partial charge in [0.25, 0.3) is 5.56 Å². The summed E-state index contributed by atoms with van der Waals surface area (Å²) in [6.45, 7) is 1.89. The van der Waals surface area contributed by atoms with Crippen LogP contribution in [0.2, 0.25) is 0 Å². The number of imidazole rings is 1. The van der Waals surface area contributed by atoms with Gasteiger partial charge in [0.15, 0.2) is 9.84 Å². The molecule has 0 spiro atoms. The van der Waals surface area contributed by atoms with Gasteiger partial charge in [-0.25, -0.2) is 13.4 Å². The monoisotopic (exact) mass is 401 g/mol. The third-order valence-corrected chi connectivity index (χ3v) is 6.26. The molecular formula is C19H23N5O3S. The minimum absolute atomic E-state index is 0.159. The first-order chi connectivity index (χ1) is 13.3. The zero-order chi connectivity index (χ0) is 19.9. The van der Waals surface area contributed by atoms with Crippen LogP contribution < -0.4 is 16.2 Å². The van der Waals surface area contributed by atoms with Crippen molar-refractivity contribution in [3.05, 3.63) is 47.3 Å². The molecule has 9 heteroatoms. The van der Waals surface area contributed by atoms with Gasteiger partial charge in [0.2, 0.25) is 0 Å².